The molecule has 0 radical (unpaired) electrons. The third kappa shape index (κ3) is 4.63. The number of thioether (sulfide) groups is 1. The molecule has 148 valence electrons. The Balaban J connectivity index is 1.86. The molecule has 27 heavy (non-hydrogen) atoms. The number of thiazole rings is 1. The summed E-state index contributed by atoms with van der Waals surface area (Å²) in [5.74, 6) is 0.913. The third-order valence-corrected chi connectivity index (χ3v) is 6.69. The highest BCUT2D eigenvalue weighted by molar-refractivity contribution is 7.99. The summed E-state index contributed by atoms with van der Waals surface area (Å²) in [4.78, 5) is 36.4. The zero-order valence-corrected chi connectivity index (χ0v) is 18.0. The highest BCUT2D eigenvalue weighted by Gasteiger charge is 2.22. The lowest BCUT2D eigenvalue weighted by Crippen LogP contribution is -2.32. The monoisotopic (exact) mass is 409 g/mol. The summed E-state index contributed by atoms with van der Waals surface area (Å²) in [6.45, 7) is 10.5. The van der Waals surface area contributed by atoms with Crippen molar-refractivity contribution < 1.29 is 4.79 Å². The molecule has 0 aliphatic carbocycles. The maximum Gasteiger partial charge on any atom is 0.273 e. The van der Waals surface area contributed by atoms with Crippen LogP contribution in [0.2, 0.25) is 0 Å². The number of hydrogen-bond donors (Lipinski definition) is 1. The second-order valence-corrected chi connectivity index (χ2v) is 9.19. The summed E-state index contributed by atoms with van der Waals surface area (Å²) in [5.41, 5.74) is 0.429. The van der Waals surface area contributed by atoms with Gasteiger partial charge >= 0.3 is 0 Å². The van der Waals surface area contributed by atoms with E-state index in [4.69, 9.17) is 0 Å². The summed E-state index contributed by atoms with van der Waals surface area (Å²) < 4.78 is 2.23. The van der Waals surface area contributed by atoms with E-state index in [9.17, 15) is 9.59 Å². The van der Waals surface area contributed by atoms with Crippen LogP contribution in [0.25, 0.3) is 10.3 Å². The number of nitrogens with one attached hydrogen (secondary N) is 1. The van der Waals surface area contributed by atoms with E-state index in [2.05, 4.69) is 27.1 Å². The molecule has 1 aliphatic rings. The molecule has 0 spiro atoms. The van der Waals surface area contributed by atoms with Crippen LogP contribution in [-0.2, 0) is 11.3 Å². The van der Waals surface area contributed by atoms with Crippen molar-refractivity contribution in [1.29, 1.82) is 0 Å². The van der Waals surface area contributed by atoms with Gasteiger partial charge in [0.15, 0.2) is 15.9 Å². The molecule has 7 nitrogen and oxygen atoms in total. The van der Waals surface area contributed by atoms with Gasteiger partial charge in [0.2, 0.25) is 5.91 Å². The van der Waals surface area contributed by atoms with Crippen molar-refractivity contribution >= 4 is 44.5 Å². The van der Waals surface area contributed by atoms with Crippen molar-refractivity contribution in [3.05, 3.63) is 10.4 Å². The van der Waals surface area contributed by atoms with Gasteiger partial charge in [0.25, 0.3) is 5.56 Å². The Kier molecular flexibility index (Phi) is 6.41. The maximum atomic E-state index is 12.9. The fourth-order valence-electron chi connectivity index (χ4n) is 3.09. The molecule has 1 aliphatic heterocycles. The smallest absolute Gasteiger partial charge is 0.273 e. The highest BCUT2D eigenvalue weighted by Crippen LogP contribution is 2.30. The Morgan fingerprint density at radius 3 is 2.67 bits per heavy atom. The first-order valence-electron chi connectivity index (χ1n) is 9.47. The van der Waals surface area contributed by atoms with E-state index < -0.39 is 0 Å². The number of piperidine rings is 1. The number of aromatic nitrogens is 3. The van der Waals surface area contributed by atoms with E-state index in [1.165, 1.54) is 23.1 Å². The SMILES string of the molecule is CCn1c(SCC(=O)NC(C)C)nc2nc(N3CCC(C)CC3)sc2c1=O. The molecule has 2 aromatic heterocycles. The van der Waals surface area contributed by atoms with Crippen LogP contribution in [0, 0.1) is 5.92 Å². The van der Waals surface area contributed by atoms with Gasteiger partial charge in [-0.05, 0) is 39.5 Å². The molecule has 0 aromatic carbocycles. The molecule has 1 saturated heterocycles. The second kappa shape index (κ2) is 8.60. The van der Waals surface area contributed by atoms with Crippen molar-refractivity contribution in [3.8, 4) is 0 Å². The van der Waals surface area contributed by atoms with Gasteiger partial charge in [0, 0.05) is 25.7 Å². The summed E-state index contributed by atoms with van der Waals surface area (Å²) in [6.07, 6.45) is 2.29. The van der Waals surface area contributed by atoms with Crippen LogP contribution >= 0.6 is 23.1 Å². The standard InChI is InChI=1S/C18H27N5O2S2/c1-5-23-16(25)14-15(21-18(23)26-10-13(24)19-11(2)3)20-17(27-14)22-8-6-12(4)7-9-22/h11-12H,5-10H2,1-4H3,(H,19,24). The molecular formula is C18H27N5O2S2. The van der Waals surface area contributed by atoms with E-state index in [0.717, 1.165) is 37.0 Å². The van der Waals surface area contributed by atoms with Crippen molar-refractivity contribution in [3.63, 3.8) is 0 Å². The van der Waals surface area contributed by atoms with Crippen molar-refractivity contribution in [2.75, 3.05) is 23.7 Å². The van der Waals surface area contributed by atoms with Crippen LogP contribution in [0.1, 0.15) is 40.5 Å². The van der Waals surface area contributed by atoms with Crippen molar-refractivity contribution in [1.82, 2.24) is 19.9 Å². The first kappa shape index (κ1) is 20.1. The van der Waals surface area contributed by atoms with Crippen LogP contribution in [0.15, 0.2) is 9.95 Å². The number of hydrogen-bond acceptors (Lipinski definition) is 7. The molecule has 2 aromatic rings. The third-order valence-electron chi connectivity index (χ3n) is 4.62. The Labute approximate surface area is 167 Å². The Hall–Kier alpha value is -1.61. The lowest BCUT2D eigenvalue weighted by Gasteiger charge is -2.29. The number of amides is 1. The zero-order chi connectivity index (χ0) is 19.6. The molecule has 0 unspecified atom stereocenters. The van der Waals surface area contributed by atoms with Gasteiger partial charge in [-0.1, -0.05) is 30.0 Å². The Morgan fingerprint density at radius 2 is 2.04 bits per heavy atom. The fourth-order valence-corrected chi connectivity index (χ4v) is 4.96. The van der Waals surface area contributed by atoms with Crippen molar-refractivity contribution in [2.45, 2.75) is 58.3 Å². The zero-order valence-electron chi connectivity index (χ0n) is 16.3. The van der Waals surface area contributed by atoms with Gasteiger partial charge in [-0.3, -0.25) is 14.2 Å². The first-order valence-corrected chi connectivity index (χ1v) is 11.3. The quantitative estimate of drug-likeness (QED) is 0.584. The van der Waals surface area contributed by atoms with Crippen LogP contribution in [0.4, 0.5) is 5.13 Å². The predicted molar refractivity (Wildman–Crippen MR) is 112 cm³/mol. The molecule has 0 saturated carbocycles. The molecule has 9 heteroatoms. The minimum atomic E-state index is -0.0663. The maximum absolute atomic E-state index is 12.9. The van der Waals surface area contributed by atoms with E-state index in [1.54, 1.807) is 4.57 Å². The molecule has 0 bridgehead atoms. The minimum Gasteiger partial charge on any atom is -0.353 e. The number of rotatable bonds is 6. The van der Waals surface area contributed by atoms with E-state index >= 15 is 0 Å². The largest absolute Gasteiger partial charge is 0.353 e. The molecule has 3 rings (SSSR count). The summed E-state index contributed by atoms with van der Waals surface area (Å²) in [6, 6.07) is 0.0928. The molecular weight excluding hydrogens is 382 g/mol. The normalized spacial score (nSPS) is 15.7. The lowest BCUT2D eigenvalue weighted by molar-refractivity contribution is -0.119. The molecule has 3 heterocycles. The molecule has 0 atom stereocenters. The second-order valence-electron chi connectivity index (χ2n) is 7.27. The van der Waals surface area contributed by atoms with Crippen LogP contribution in [0.5, 0.6) is 0 Å². The number of anilines is 1. The van der Waals surface area contributed by atoms with E-state index in [0.29, 0.717) is 22.0 Å². The van der Waals surface area contributed by atoms with Crippen LogP contribution in [0.3, 0.4) is 0 Å². The average Bonchev–Trinajstić information content (AvgIpc) is 3.04. The van der Waals surface area contributed by atoms with Gasteiger partial charge in [-0.2, -0.15) is 4.98 Å². The van der Waals surface area contributed by atoms with Gasteiger partial charge in [0.05, 0.1) is 5.75 Å². The highest BCUT2D eigenvalue weighted by atomic mass is 32.2. The Bertz CT molecular complexity index is 868. The fraction of sp³-hybridized carbons (Fsp3) is 0.667. The lowest BCUT2D eigenvalue weighted by atomic mass is 10.00. The summed E-state index contributed by atoms with van der Waals surface area (Å²) in [7, 11) is 0. The number of carbonyl (C=O) groups excluding carboxylic acids is 1. The van der Waals surface area contributed by atoms with E-state index in [-0.39, 0.29) is 23.3 Å². The van der Waals surface area contributed by atoms with Crippen LogP contribution < -0.4 is 15.8 Å². The number of nitrogens with zero attached hydrogens (tertiary/aromatic N) is 4. The first-order chi connectivity index (χ1) is 12.9. The number of fused-ring (bicyclic) bond motifs is 1. The average molecular weight is 410 g/mol. The summed E-state index contributed by atoms with van der Waals surface area (Å²) in [5, 5.41) is 4.29. The van der Waals surface area contributed by atoms with Crippen molar-refractivity contribution in [2.24, 2.45) is 5.92 Å². The van der Waals surface area contributed by atoms with Gasteiger partial charge in [-0.25, -0.2) is 4.98 Å². The number of carbonyl (C=O) groups is 1. The molecule has 1 N–H and O–H groups in total. The van der Waals surface area contributed by atoms with Gasteiger partial charge in [0.1, 0.15) is 4.70 Å². The topological polar surface area (TPSA) is 80.1 Å². The van der Waals surface area contributed by atoms with Gasteiger partial charge < -0.3 is 10.2 Å². The summed E-state index contributed by atoms with van der Waals surface area (Å²) >= 11 is 2.72. The predicted octanol–water partition coefficient (Wildman–Crippen LogP) is 2.73. The van der Waals surface area contributed by atoms with E-state index in [1.807, 2.05) is 20.8 Å². The van der Waals surface area contributed by atoms with Gasteiger partial charge in [-0.15, -0.1) is 0 Å². The van der Waals surface area contributed by atoms with Crippen LogP contribution in [-0.4, -0.2) is 45.3 Å². The molecule has 1 fully saturated rings. The Morgan fingerprint density at radius 1 is 1.33 bits per heavy atom. The molecule has 1 amide bonds. The minimum absolute atomic E-state index is 0.0617.